The minimum Gasteiger partial charge on any atom is -0.350 e. The monoisotopic (exact) mass is 371 g/mol. The van der Waals surface area contributed by atoms with Gasteiger partial charge >= 0.3 is 0 Å². The Morgan fingerprint density at radius 3 is 2.58 bits per heavy atom. The van der Waals surface area contributed by atoms with Gasteiger partial charge in [-0.1, -0.05) is 42.5 Å². The van der Waals surface area contributed by atoms with Crippen molar-refractivity contribution >= 4 is 27.5 Å². The highest BCUT2D eigenvalue weighted by atomic mass is 32.2. The molecule has 1 atom stereocenters. The van der Waals surface area contributed by atoms with Crippen LogP contribution in [-0.2, 0) is 14.8 Å². The van der Waals surface area contributed by atoms with Crippen LogP contribution < -0.4 is 10.6 Å². The van der Waals surface area contributed by atoms with E-state index in [-0.39, 0.29) is 16.8 Å². The van der Waals surface area contributed by atoms with Crippen LogP contribution in [0, 0.1) is 0 Å². The number of rotatable bonds is 6. The van der Waals surface area contributed by atoms with Crippen LogP contribution in [0.4, 0.5) is 5.69 Å². The topological polar surface area (TPSA) is 87.6 Å². The molecule has 136 valence electrons. The molecule has 2 N–H and O–H groups in total. The second-order valence-corrected chi connectivity index (χ2v) is 7.76. The predicted octanol–water partition coefficient (Wildman–Crippen LogP) is 3.25. The zero-order chi connectivity index (χ0) is 18.6. The fraction of sp³-hybridized carbons (Fsp3) is 0.263. The van der Waals surface area contributed by atoms with Crippen molar-refractivity contribution in [3.8, 4) is 0 Å². The SMILES string of the molecule is C[C@H](NC(=O)CCCC1=NS(=O)(=O)c2ccccc2N1)c1ccccc1. The second kappa shape index (κ2) is 7.70. The molecule has 0 unspecified atom stereocenters. The molecule has 1 heterocycles. The molecular formula is C19H21N3O3S. The summed E-state index contributed by atoms with van der Waals surface area (Å²) < 4.78 is 28.2. The minimum absolute atomic E-state index is 0.0684. The first-order valence-corrected chi connectivity index (χ1v) is 9.94. The van der Waals surface area contributed by atoms with Gasteiger partial charge in [0.1, 0.15) is 10.7 Å². The maximum Gasteiger partial charge on any atom is 0.286 e. The van der Waals surface area contributed by atoms with Gasteiger partial charge in [-0.15, -0.1) is 4.40 Å². The lowest BCUT2D eigenvalue weighted by Crippen LogP contribution is -2.27. The molecule has 0 bridgehead atoms. The van der Waals surface area contributed by atoms with Gasteiger partial charge in [0.05, 0.1) is 11.7 Å². The summed E-state index contributed by atoms with van der Waals surface area (Å²) in [6, 6.07) is 16.3. The third kappa shape index (κ3) is 4.29. The molecule has 6 nitrogen and oxygen atoms in total. The number of hydrogen-bond donors (Lipinski definition) is 2. The van der Waals surface area contributed by atoms with Gasteiger partial charge in [0.25, 0.3) is 10.0 Å². The highest BCUT2D eigenvalue weighted by molar-refractivity contribution is 7.90. The Morgan fingerprint density at radius 2 is 1.81 bits per heavy atom. The van der Waals surface area contributed by atoms with Gasteiger partial charge in [0, 0.05) is 12.8 Å². The van der Waals surface area contributed by atoms with Crippen molar-refractivity contribution in [2.75, 3.05) is 5.32 Å². The lowest BCUT2D eigenvalue weighted by molar-refractivity contribution is -0.121. The van der Waals surface area contributed by atoms with E-state index in [0.29, 0.717) is 30.8 Å². The number of para-hydroxylation sites is 1. The van der Waals surface area contributed by atoms with E-state index in [1.807, 2.05) is 37.3 Å². The number of nitrogens with zero attached hydrogens (tertiary/aromatic N) is 1. The number of carbonyl (C=O) groups is 1. The van der Waals surface area contributed by atoms with Crippen molar-refractivity contribution in [2.45, 2.75) is 37.1 Å². The molecule has 2 aromatic carbocycles. The quantitative estimate of drug-likeness (QED) is 0.816. The predicted molar refractivity (Wildman–Crippen MR) is 102 cm³/mol. The van der Waals surface area contributed by atoms with E-state index in [4.69, 9.17) is 0 Å². The van der Waals surface area contributed by atoms with Crippen LogP contribution in [0.15, 0.2) is 63.9 Å². The van der Waals surface area contributed by atoms with Crippen molar-refractivity contribution < 1.29 is 13.2 Å². The summed E-state index contributed by atoms with van der Waals surface area (Å²) in [6.07, 6.45) is 1.21. The van der Waals surface area contributed by atoms with E-state index in [9.17, 15) is 13.2 Å². The van der Waals surface area contributed by atoms with Gasteiger partial charge < -0.3 is 10.6 Å². The van der Waals surface area contributed by atoms with Crippen molar-refractivity contribution in [3.63, 3.8) is 0 Å². The van der Waals surface area contributed by atoms with Crippen molar-refractivity contribution in [1.82, 2.24) is 5.32 Å². The zero-order valence-corrected chi connectivity index (χ0v) is 15.3. The maximum absolute atomic E-state index is 12.2. The maximum atomic E-state index is 12.2. The lowest BCUT2D eigenvalue weighted by atomic mass is 10.1. The van der Waals surface area contributed by atoms with E-state index in [0.717, 1.165) is 5.56 Å². The van der Waals surface area contributed by atoms with Crippen LogP contribution in [0.5, 0.6) is 0 Å². The Bertz CT molecular complexity index is 924. The summed E-state index contributed by atoms with van der Waals surface area (Å²) in [5.74, 6) is 0.300. The Balaban J connectivity index is 1.52. The Labute approximate surface area is 153 Å². The molecule has 3 rings (SSSR count). The van der Waals surface area contributed by atoms with E-state index in [2.05, 4.69) is 15.0 Å². The van der Waals surface area contributed by atoms with E-state index < -0.39 is 10.0 Å². The number of amides is 1. The van der Waals surface area contributed by atoms with Crippen molar-refractivity contribution in [1.29, 1.82) is 0 Å². The highest BCUT2D eigenvalue weighted by Gasteiger charge is 2.24. The largest absolute Gasteiger partial charge is 0.350 e. The summed E-state index contributed by atoms with van der Waals surface area (Å²) in [4.78, 5) is 12.3. The first-order chi connectivity index (χ1) is 12.5. The second-order valence-electron chi connectivity index (χ2n) is 6.19. The standard InChI is InChI=1S/C19H21N3O3S/c1-14(15-8-3-2-4-9-15)20-19(23)13-7-12-18-21-16-10-5-6-11-17(16)26(24,25)22-18/h2-6,8-11,14H,7,12-13H2,1H3,(H,20,23)(H,21,22)/t14-/m0/s1. The third-order valence-corrected chi connectivity index (χ3v) is 5.54. The van der Waals surface area contributed by atoms with E-state index in [1.165, 1.54) is 6.07 Å². The minimum atomic E-state index is -3.67. The number of sulfonamides is 1. The Morgan fingerprint density at radius 1 is 1.12 bits per heavy atom. The number of hydrogen-bond acceptors (Lipinski definition) is 4. The van der Waals surface area contributed by atoms with Crippen molar-refractivity contribution in [2.24, 2.45) is 4.40 Å². The summed E-state index contributed by atoms with van der Waals surface area (Å²) in [5.41, 5.74) is 1.57. The fourth-order valence-electron chi connectivity index (χ4n) is 2.83. The van der Waals surface area contributed by atoms with Gasteiger partial charge in [0.15, 0.2) is 0 Å². The van der Waals surface area contributed by atoms with Gasteiger partial charge in [0.2, 0.25) is 5.91 Å². The normalized spacial score (nSPS) is 16.0. The molecule has 0 saturated carbocycles. The van der Waals surface area contributed by atoms with Crippen LogP contribution in [0.1, 0.15) is 37.8 Å². The number of amidine groups is 1. The molecule has 0 aliphatic carbocycles. The average molecular weight is 371 g/mol. The summed E-state index contributed by atoms with van der Waals surface area (Å²) in [5, 5.41) is 5.98. The zero-order valence-electron chi connectivity index (χ0n) is 14.5. The molecule has 26 heavy (non-hydrogen) atoms. The van der Waals surface area contributed by atoms with E-state index in [1.54, 1.807) is 18.2 Å². The van der Waals surface area contributed by atoms with Crippen LogP contribution in [0.2, 0.25) is 0 Å². The van der Waals surface area contributed by atoms with Crippen LogP contribution >= 0.6 is 0 Å². The molecule has 0 spiro atoms. The fourth-order valence-corrected chi connectivity index (χ4v) is 4.00. The number of anilines is 1. The van der Waals surface area contributed by atoms with Crippen molar-refractivity contribution in [3.05, 3.63) is 60.2 Å². The van der Waals surface area contributed by atoms with Crippen LogP contribution in [0.3, 0.4) is 0 Å². The Kier molecular flexibility index (Phi) is 5.37. The van der Waals surface area contributed by atoms with E-state index >= 15 is 0 Å². The summed E-state index contributed by atoms with van der Waals surface area (Å²) >= 11 is 0. The smallest absolute Gasteiger partial charge is 0.286 e. The first kappa shape index (κ1) is 18.1. The molecule has 1 aliphatic heterocycles. The molecule has 0 radical (unpaired) electrons. The third-order valence-electron chi connectivity index (χ3n) is 4.17. The average Bonchev–Trinajstić information content (AvgIpc) is 2.62. The van der Waals surface area contributed by atoms with Crippen LogP contribution in [0.25, 0.3) is 0 Å². The first-order valence-electron chi connectivity index (χ1n) is 8.50. The lowest BCUT2D eigenvalue weighted by Gasteiger charge is -2.18. The Hall–Kier alpha value is -2.67. The summed E-state index contributed by atoms with van der Waals surface area (Å²) in [6.45, 7) is 1.93. The molecule has 1 aliphatic rings. The molecular weight excluding hydrogens is 350 g/mol. The summed E-state index contributed by atoms with van der Waals surface area (Å²) in [7, 11) is -3.67. The number of carbonyl (C=O) groups excluding carboxylic acids is 1. The molecule has 1 amide bonds. The molecule has 0 aromatic heterocycles. The highest BCUT2D eigenvalue weighted by Crippen LogP contribution is 2.27. The number of nitrogens with one attached hydrogen (secondary N) is 2. The van der Waals surface area contributed by atoms with Gasteiger partial charge in [-0.25, -0.2) is 0 Å². The number of benzene rings is 2. The van der Waals surface area contributed by atoms with Crippen LogP contribution in [-0.4, -0.2) is 20.2 Å². The molecule has 2 aromatic rings. The molecule has 0 fully saturated rings. The molecule has 7 heteroatoms. The molecule has 0 saturated heterocycles. The number of fused-ring (bicyclic) bond motifs is 1. The van der Waals surface area contributed by atoms with Gasteiger partial charge in [-0.3, -0.25) is 4.79 Å². The van der Waals surface area contributed by atoms with Gasteiger partial charge in [-0.05, 0) is 31.0 Å². The van der Waals surface area contributed by atoms with Gasteiger partial charge in [-0.2, -0.15) is 8.42 Å².